The van der Waals surface area contributed by atoms with Gasteiger partial charge >= 0.3 is 12.6 Å². The summed E-state index contributed by atoms with van der Waals surface area (Å²) in [5, 5.41) is 9.13. The van der Waals surface area contributed by atoms with Crippen molar-refractivity contribution in [2.45, 2.75) is 45.0 Å². The zero-order chi connectivity index (χ0) is 14.7. The van der Waals surface area contributed by atoms with Gasteiger partial charge in [0.15, 0.2) is 0 Å². The zero-order valence-corrected chi connectivity index (χ0v) is 11.1. The molecule has 0 saturated heterocycles. The molecule has 1 fully saturated rings. The molecule has 0 spiro atoms. The molecule has 1 aromatic rings. The Labute approximate surface area is 116 Å². The van der Waals surface area contributed by atoms with E-state index >= 15 is 0 Å². The normalized spacial score (nSPS) is 16.4. The number of alkyl halides is 2. The van der Waals surface area contributed by atoms with Crippen LogP contribution in [-0.4, -0.2) is 34.7 Å². The molecule has 1 N–H and O–H groups in total. The van der Waals surface area contributed by atoms with Gasteiger partial charge in [0.1, 0.15) is 11.8 Å². The molecule has 6 heteroatoms. The minimum Gasteiger partial charge on any atom is -0.480 e. The second-order valence-corrected chi connectivity index (χ2v) is 4.90. The average molecular weight is 285 g/mol. The third kappa shape index (κ3) is 3.66. The van der Waals surface area contributed by atoms with Gasteiger partial charge in [-0.3, -0.25) is 9.69 Å². The molecule has 2 rings (SSSR count). The number of carbonyl (C=O) groups is 1. The lowest BCUT2D eigenvalue weighted by molar-refractivity contribution is -0.143. The van der Waals surface area contributed by atoms with Crippen molar-refractivity contribution in [3.8, 4) is 5.75 Å². The van der Waals surface area contributed by atoms with Gasteiger partial charge in [0.05, 0.1) is 0 Å². The van der Waals surface area contributed by atoms with Gasteiger partial charge in [-0.1, -0.05) is 18.2 Å². The fourth-order valence-electron chi connectivity index (χ4n) is 2.17. The highest BCUT2D eigenvalue weighted by Gasteiger charge is 2.35. The van der Waals surface area contributed by atoms with Crippen molar-refractivity contribution in [1.82, 2.24) is 4.90 Å². The van der Waals surface area contributed by atoms with E-state index in [1.165, 1.54) is 6.07 Å². The van der Waals surface area contributed by atoms with Crippen LogP contribution in [0.2, 0.25) is 0 Å². The monoisotopic (exact) mass is 285 g/mol. The van der Waals surface area contributed by atoms with Gasteiger partial charge in [-0.05, 0) is 25.8 Å². The molecule has 110 valence electrons. The first kappa shape index (κ1) is 14.7. The average Bonchev–Trinajstić information content (AvgIpc) is 3.20. The summed E-state index contributed by atoms with van der Waals surface area (Å²) in [6.07, 6.45) is 1.88. The Morgan fingerprint density at radius 2 is 2.10 bits per heavy atom. The fraction of sp³-hybridized carbons (Fsp3) is 0.500. The molecule has 0 aliphatic heterocycles. The number of rotatable bonds is 7. The Bertz CT molecular complexity index is 477. The predicted molar refractivity (Wildman–Crippen MR) is 68.7 cm³/mol. The highest BCUT2D eigenvalue weighted by Crippen LogP contribution is 2.32. The van der Waals surface area contributed by atoms with E-state index < -0.39 is 18.6 Å². The third-order valence-electron chi connectivity index (χ3n) is 3.41. The SMILES string of the molecule is CC(C(=O)O)N(Cc1ccccc1OC(F)F)C1CC1. The van der Waals surface area contributed by atoms with Gasteiger partial charge in [-0.25, -0.2) is 0 Å². The van der Waals surface area contributed by atoms with E-state index in [1.54, 1.807) is 25.1 Å². The molecular formula is C14H17F2NO3. The zero-order valence-electron chi connectivity index (χ0n) is 11.1. The number of carboxylic acids is 1. The Hall–Kier alpha value is -1.69. The van der Waals surface area contributed by atoms with Crippen molar-refractivity contribution >= 4 is 5.97 Å². The Morgan fingerprint density at radius 3 is 2.65 bits per heavy atom. The van der Waals surface area contributed by atoms with E-state index in [0.29, 0.717) is 12.1 Å². The second kappa shape index (κ2) is 6.17. The number of ether oxygens (including phenoxy) is 1. The van der Waals surface area contributed by atoms with Crippen LogP contribution < -0.4 is 4.74 Å². The number of halogens is 2. The van der Waals surface area contributed by atoms with Crippen LogP contribution in [0, 0.1) is 0 Å². The Balaban J connectivity index is 2.16. The maximum absolute atomic E-state index is 12.4. The van der Waals surface area contributed by atoms with Crippen LogP contribution in [0.1, 0.15) is 25.3 Å². The number of aliphatic carboxylic acids is 1. The number of benzene rings is 1. The molecule has 4 nitrogen and oxygen atoms in total. The maximum atomic E-state index is 12.4. The molecule has 1 unspecified atom stereocenters. The molecule has 1 aliphatic carbocycles. The number of carboxylic acid groups (broad SMARTS) is 1. The lowest BCUT2D eigenvalue weighted by Gasteiger charge is -2.27. The maximum Gasteiger partial charge on any atom is 0.387 e. The van der Waals surface area contributed by atoms with Crippen LogP contribution >= 0.6 is 0 Å². The van der Waals surface area contributed by atoms with Crippen LogP contribution in [0.5, 0.6) is 5.75 Å². The van der Waals surface area contributed by atoms with Crippen molar-refractivity contribution in [3.05, 3.63) is 29.8 Å². The van der Waals surface area contributed by atoms with E-state index in [2.05, 4.69) is 4.74 Å². The predicted octanol–water partition coefficient (Wildman–Crippen LogP) is 2.73. The minimum atomic E-state index is -2.89. The third-order valence-corrected chi connectivity index (χ3v) is 3.41. The molecular weight excluding hydrogens is 268 g/mol. The number of para-hydroxylation sites is 1. The summed E-state index contributed by atoms with van der Waals surface area (Å²) in [5.41, 5.74) is 0.577. The van der Waals surface area contributed by atoms with Gasteiger partial charge in [0, 0.05) is 18.2 Å². The molecule has 0 amide bonds. The smallest absolute Gasteiger partial charge is 0.387 e. The van der Waals surface area contributed by atoms with Gasteiger partial charge in [-0.15, -0.1) is 0 Å². The van der Waals surface area contributed by atoms with E-state index in [1.807, 2.05) is 4.90 Å². The van der Waals surface area contributed by atoms with E-state index in [9.17, 15) is 13.6 Å². The molecule has 1 atom stereocenters. The largest absolute Gasteiger partial charge is 0.480 e. The fourth-order valence-corrected chi connectivity index (χ4v) is 2.17. The lowest BCUT2D eigenvalue weighted by atomic mass is 10.1. The van der Waals surface area contributed by atoms with Crippen molar-refractivity contribution in [2.75, 3.05) is 0 Å². The quantitative estimate of drug-likeness (QED) is 0.837. The highest BCUT2D eigenvalue weighted by atomic mass is 19.3. The number of nitrogens with zero attached hydrogens (tertiary/aromatic N) is 1. The summed E-state index contributed by atoms with van der Waals surface area (Å²) in [6.45, 7) is -0.986. The molecule has 20 heavy (non-hydrogen) atoms. The van der Waals surface area contributed by atoms with Gasteiger partial charge < -0.3 is 9.84 Å². The summed E-state index contributed by atoms with van der Waals surface area (Å²) in [6, 6.07) is 6.05. The van der Waals surface area contributed by atoms with Crippen LogP contribution in [0.4, 0.5) is 8.78 Å². The molecule has 1 aliphatic rings. The van der Waals surface area contributed by atoms with Crippen LogP contribution in [-0.2, 0) is 11.3 Å². The topological polar surface area (TPSA) is 49.8 Å². The molecule has 0 heterocycles. The van der Waals surface area contributed by atoms with E-state index in [4.69, 9.17) is 5.11 Å². The van der Waals surface area contributed by atoms with E-state index in [0.717, 1.165) is 12.8 Å². The second-order valence-electron chi connectivity index (χ2n) is 4.90. The first-order valence-electron chi connectivity index (χ1n) is 6.50. The Morgan fingerprint density at radius 1 is 1.45 bits per heavy atom. The van der Waals surface area contributed by atoms with Crippen molar-refractivity contribution in [2.24, 2.45) is 0 Å². The lowest BCUT2D eigenvalue weighted by Crippen LogP contribution is -2.40. The van der Waals surface area contributed by atoms with Gasteiger partial charge in [-0.2, -0.15) is 8.78 Å². The molecule has 0 radical (unpaired) electrons. The van der Waals surface area contributed by atoms with Crippen LogP contribution in [0.3, 0.4) is 0 Å². The summed E-state index contributed by atoms with van der Waals surface area (Å²) in [7, 11) is 0. The number of hydrogen-bond donors (Lipinski definition) is 1. The summed E-state index contributed by atoms with van der Waals surface area (Å²) < 4.78 is 29.2. The van der Waals surface area contributed by atoms with Crippen molar-refractivity contribution in [3.63, 3.8) is 0 Å². The van der Waals surface area contributed by atoms with Crippen molar-refractivity contribution in [1.29, 1.82) is 0 Å². The number of hydrogen-bond acceptors (Lipinski definition) is 3. The van der Waals surface area contributed by atoms with Crippen molar-refractivity contribution < 1.29 is 23.4 Å². The first-order chi connectivity index (χ1) is 9.49. The minimum absolute atomic E-state index is 0.103. The van der Waals surface area contributed by atoms with Gasteiger partial charge in [0.2, 0.25) is 0 Å². The first-order valence-corrected chi connectivity index (χ1v) is 6.50. The van der Waals surface area contributed by atoms with E-state index in [-0.39, 0.29) is 11.8 Å². The molecule has 0 bridgehead atoms. The molecule has 1 aromatic carbocycles. The molecule has 0 aromatic heterocycles. The summed E-state index contributed by atoms with van der Waals surface area (Å²) >= 11 is 0. The summed E-state index contributed by atoms with van der Waals surface area (Å²) in [5.74, 6) is -0.810. The summed E-state index contributed by atoms with van der Waals surface area (Å²) in [4.78, 5) is 12.9. The Kier molecular flexibility index (Phi) is 4.54. The highest BCUT2D eigenvalue weighted by molar-refractivity contribution is 5.73. The van der Waals surface area contributed by atoms with Crippen LogP contribution in [0.15, 0.2) is 24.3 Å². The van der Waals surface area contributed by atoms with Gasteiger partial charge in [0.25, 0.3) is 0 Å². The standard InChI is InChI=1S/C14H17F2NO3/c1-9(13(18)19)17(11-6-7-11)8-10-4-2-3-5-12(10)20-14(15)16/h2-5,9,11,14H,6-8H2,1H3,(H,18,19). The van der Waals surface area contributed by atoms with Crippen LogP contribution in [0.25, 0.3) is 0 Å². The molecule has 1 saturated carbocycles.